The van der Waals surface area contributed by atoms with Crippen LogP contribution in [0.2, 0.25) is 5.02 Å². The first kappa shape index (κ1) is 21.2. The van der Waals surface area contributed by atoms with Crippen molar-refractivity contribution in [2.45, 2.75) is 18.4 Å². The van der Waals surface area contributed by atoms with Crippen LogP contribution in [0.3, 0.4) is 0 Å². The molecule has 0 aliphatic rings. The number of alkyl halides is 2. The highest BCUT2D eigenvalue weighted by molar-refractivity contribution is 7.86. The van der Waals surface area contributed by atoms with Crippen molar-refractivity contribution in [3.8, 4) is 5.88 Å². The number of aromatic nitrogens is 3. The summed E-state index contributed by atoms with van der Waals surface area (Å²) in [6, 6.07) is 3.22. The lowest BCUT2D eigenvalue weighted by Crippen LogP contribution is -2.26. The number of benzene rings is 1. The molecule has 0 aliphatic heterocycles. The number of anilines is 2. The van der Waals surface area contributed by atoms with Crippen molar-refractivity contribution >= 4 is 56.7 Å². The van der Waals surface area contributed by atoms with Crippen molar-refractivity contribution in [2.24, 2.45) is 11.6 Å². The summed E-state index contributed by atoms with van der Waals surface area (Å²) < 4.78 is 45.8. The fourth-order valence-corrected chi connectivity index (χ4v) is 4.01. The average molecular weight is 466 g/mol. The molecule has 0 aliphatic carbocycles. The number of halogens is 4. The maximum absolute atomic E-state index is 12.9. The number of hydrazine groups is 1. The molecule has 0 bridgehead atoms. The minimum Gasteiger partial charge on any atom is -0.401 e. The van der Waals surface area contributed by atoms with Gasteiger partial charge >= 0.3 is 6.55 Å². The van der Waals surface area contributed by atoms with Crippen molar-refractivity contribution in [3.63, 3.8) is 0 Å². The van der Waals surface area contributed by atoms with Crippen molar-refractivity contribution in [1.29, 1.82) is 0 Å². The number of nitrogens with two attached hydrogens (primary N) is 2. The van der Waals surface area contributed by atoms with Gasteiger partial charge in [-0.2, -0.15) is 18.6 Å². The Bertz CT molecular complexity index is 1100. The lowest BCUT2D eigenvalue weighted by Gasteiger charge is -2.17. The Labute approximate surface area is 175 Å². The van der Waals surface area contributed by atoms with Gasteiger partial charge in [-0.1, -0.05) is 11.6 Å². The summed E-state index contributed by atoms with van der Waals surface area (Å²) in [7, 11) is -1.89. The molecule has 2 heterocycles. The summed E-state index contributed by atoms with van der Waals surface area (Å²) in [6.45, 7) is -1.33. The van der Waals surface area contributed by atoms with Gasteiger partial charge in [0.15, 0.2) is 11.0 Å². The van der Waals surface area contributed by atoms with Crippen molar-refractivity contribution < 1.29 is 17.3 Å². The first-order valence-corrected chi connectivity index (χ1v) is 9.68. The van der Waals surface area contributed by atoms with E-state index in [9.17, 15) is 13.0 Å². The van der Waals surface area contributed by atoms with Crippen LogP contribution in [0.15, 0.2) is 41.3 Å². The van der Waals surface area contributed by atoms with Crippen LogP contribution in [-0.2, 0) is 11.0 Å². The fraction of sp³-hybridized carbons (Fsp3) is 0.133. The zero-order valence-electron chi connectivity index (χ0n) is 14.7. The maximum Gasteiger partial charge on any atom is 0.336 e. The fourth-order valence-electron chi connectivity index (χ4n) is 2.61. The van der Waals surface area contributed by atoms with Gasteiger partial charge in [-0.25, -0.2) is 10.1 Å². The van der Waals surface area contributed by atoms with Crippen LogP contribution in [0.1, 0.15) is 13.5 Å². The predicted molar refractivity (Wildman–Crippen MR) is 108 cm³/mol. The Morgan fingerprint density at radius 1 is 1.52 bits per heavy atom. The summed E-state index contributed by atoms with van der Waals surface area (Å²) in [5.41, 5.74) is 6.94. The molecule has 9 nitrogen and oxygen atoms in total. The number of fused-ring (bicyclic) bond motifs is 1. The van der Waals surface area contributed by atoms with E-state index < -0.39 is 23.4 Å². The Balaban J connectivity index is 1.99. The zero-order valence-corrected chi connectivity index (χ0v) is 17.0. The average Bonchev–Trinajstić information content (AvgIpc) is 3.24. The van der Waals surface area contributed by atoms with Gasteiger partial charge in [0.05, 0.1) is 27.3 Å². The SMILES string of the molecule is C/C(N)=C/N(N)c1c(Cl)ccc2c(S(=O)Nc3cnn(C(F)F)c3OCl)c[nH]c12. The largest absolute Gasteiger partial charge is 0.401 e. The van der Waals surface area contributed by atoms with Gasteiger partial charge < -0.3 is 15.0 Å². The number of rotatable bonds is 7. The molecule has 1 unspecified atom stereocenters. The molecule has 0 saturated carbocycles. The monoisotopic (exact) mass is 465 g/mol. The van der Waals surface area contributed by atoms with Crippen LogP contribution < -0.4 is 25.6 Å². The first-order chi connectivity index (χ1) is 13.7. The third-order valence-corrected chi connectivity index (χ3v) is 5.35. The third-order valence-electron chi connectivity index (χ3n) is 3.75. The minimum absolute atomic E-state index is 0.0793. The highest BCUT2D eigenvalue weighted by Crippen LogP contribution is 2.36. The Hall–Kier alpha value is -2.54. The summed E-state index contributed by atoms with van der Waals surface area (Å²) in [4.78, 5) is 3.27. The molecule has 6 N–H and O–H groups in total. The Morgan fingerprint density at radius 3 is 2.86 bits per heavy atom. The molecule has 0 saturated heterocycles. The topological polar surface area (TPSA) is 127 Å². The second-order valence-corrected chi connectivity index (χ2v) is 7.53. The molecule has 0 spiro atoms. The number of H-pyrrole nitrogens is 1. The summed E-state index contributed by atoms with van der Waals surface area (Å²) in [5.74, 6) is 5.53. The van der Waals surface area contributed by atoms with E-state index in [2.05, 4.69) is 19.1 Å². The lowest BCUT2D eigenvalue weighted by atomic mass is 10.2. The zero-order chi connectivity index (χ0) is 21.3. The first-order valence-electron chi connectivity index (χ1n) is 7.84. The van der Waals surface area contributed by atoms with Gasteiger partial charge in [0.2, 0.25) is 0 Å². The molecule has 1 aromatic carbocycles. The molecule has 14 heteroatoms. The van der Waals surface area contributed by atoms with E-state index in [0.717, 1.165) is 6.20 Å². The molecular weight excluding hydrogens is 451 g/mol. The highest BCUT2D eigenvalue weighted by Gasteiger charge is 2.22. The van der Waals surface area contributed by atoms with E-state index in [1.807, 2.05) is 0 Å². The smallest absolute Gasteiger partial charge is 0.336 e. The number of hydrogen-bond acceptors (Lipinski definition) is 6. The van der Waals surface area contributed by atoms with Gasteiger partial charge in [-0.15, -0.1) is 0 Å². The molecule has 3 rings (SSSR count). The van der Waals surface area contributed by atoms with Crippen molar-refractivity contribution in [1.82, 2.24) is 14.8 Å². The highest BCUT2D eigenvalue weighted by atomic mass is 35.5. The van der Waals surface area contributed by atoms with Gasteiger partial charge in [0.25, 0.3) is 5.88 Å². The van der Waals surface area contributed by atoms with Gasteiger partial charge in [-0.05, 0) is 19.1 Å². The van der Waals surface area contributed by atoms with E-state index in [4.69, 9.17) is 35.0 Å². The van der Waals surface area contributed by atoms with Crippen LogP contribution in [0, 0.1) is 0 Å². The number of hydrogen-bond donors (Lipinski definition) is 4. The van der Waals surface area contributed by atoms with E-state index in [0.29, 0.717) is 32.2 Å². The summed E-state index contributed by atoms with van der Waals surface area (Å²) in [6.07, 6.45) is 3.97. The summed E-state index contributed by atoms with van der Waals surface area (Å²) >= 11 is 11.5. The van der Waals surface area contributed by atoms with Crippen molar-refractivity contribution in [3.05, 3.63) is 41.4 Å². The molecule has 0 amide bonds. The van der Waals surface area contributed by atoms with Crippen LogP contribution in [0.4, 0.5) is 20.2 Å². The number of aromatic amines is 1. The number of nitrogens with one attached hydrogen (secondary N) is 2. The number of nitrogens with zero attached hydrogens (tertiary/aromatic N) is 3. The molecule has 1 atom stereocenters. The standard InChI is InChI=1S/C15H15Cl2F2N7O2S/c1-7(20)6-25(21)13-9(16)3-2-8-11(5-22-12(8)13)29(27)24-10-4-23-26(15(18)19)14(10)28-17/h2-6,15,22,24H,20-21H2,1H3/b7-6-. The molecule has 2 aromatic heterocycles. The van der Waals surface area contributed by atoms with E-state index >= 15 is 0 Å². The minimum atomic E-state index is -2.99. The molecule has 156 valence electrons. The van der Waals surface area contributed by atoms with Crippen LogP contribution in [0.25, 0.3) is 10.9 Å². The molecular formula is C15H15Cl2F2N7O2S. The predicted octanol–water partition coefficient (Wildman–Crippen LogP) is 3.58. The normalized spacial score (nSPS) is 13.1. The number of allylic oxidation sites excluding steroid dienone is 1. The quantitative estimate of drug-likeness (QED) is 0.312. The third kappa shape index (κ3) is 4.10. The van der Waals surface area contributed by atoms with Gasteiger partial charge in [0.1, 0.15) is 17.6 Å². The second-order valence-electron chi connectivity index (χ2n) is 5.79. The Morgan fingerprint density at radius 2 is 2.24 bits per heavy atom. The maximum atomic E-state index is 12.9. The molecule has 3 aromatic rings. The van der Waals surface area contributed by atoms with Crippen LogP contribution >= 0.6 is 23.5 Å². The second kappa shape index (κ2) is 8.45. The Kier molecular flexibility index (Phi) is 6.17. The molecule has 29 heavy (non-hydrogen) atoms. The summed E-state index contributed by atoms with van der Waals surface area (Å²) in [5, 5.41) is 5.56. The van der Waals surface area contributed by atoms with E-state index in [1.54, 1.807) is 19.1 Å². The van der Waals surface area contributed by atoms with Crippen LogP contribution in [-0.4, -0.2) is 19.0 Å². The van der Waals surface area contributed by atoms with E-state index in [-0.39, 0.29) is 10.4 Å². The molecule has 0 radical (unpaired) electrons. The van der Waals surface area contributed by atoms with Gasteiger partial charge in [0, 0.05) is 23.5 Å². The lowest BCUT2D eigenvalue weighted by molar-refractivity contribution is 0.0515. The van der Waals surface area contributed by atoms with E-state index in [1.165, 1.54) is 17.4 Å². The van der Waals surface area contributed by atoms with Gasteiger partial charge in [-0.3, -0.25) is 9.73 Å². The van der Waals surface area contributed by atoms with Crippen molar-refractivity contribution in [2.75, 3.05) is 9.73 Å². The van der Waals surface area contributed by atoms with Crippen LogP contribution in [0.5, 0.6) is 5.88 Å². The molecule has 0 fully saturated rings.